The number of nitrogens with one attached hydrogen (secondary N) is 1. The first-order chi connectivity index (χ1) is 16.4. The van der Waals surface area contributed by atoms with Crippen LogP contribution in [0.5, 0.6) is 17.2 Å². The molecule has 9 nitrogen and oxygen atoms in total. The highest BCUT2D eigenvalue weighted by atomic mass is 32.2. The number of hydrogen-bond donors (Lipinski definition) is 1. The minimum Gasteiger partial charge on any atom is -0.494 e. The van der Waals surface area contributed by atoms with E-state index in [-0.39, 0.29) is 21.7 Å². The number of sulfone groups is 1. The Labute approximate surface area is 199 Å². The molecule has 2 heterocycles. The maximum absolute atomic E-state index is 13.6. The van der Waals surface area contributed by atoms with Gasteiger partial charge in [0.15, 0.2) is 11.5 Å². The van der Waals surface area contributed by atoms with Gasteiger partial charge in [0, 0.05) is 24.7 Å². The van der Waals surface area contributed by atoms with Crippen molar-refractivity contribution in [3.63, 3.8) is 0 Å². The molecule has 0 fully saturated rings. The van der Waals surface area contributed by atoms with E-state index in [9.17, 15) is 8.42 Å². The Morgan fingerprint density at radius 1 is 1.06 bits per heavy atom. The largest absolute Gasteiger partial charge is 0.494 e. The van der Waals surface area contributed by atoms with Crippen molar-refractivity contribution in [1.29, 1.82) is 0 Å². The van der Waals surface area contributed by atoms with Gasteiger partial charge in [0.25, 0.3) is 0 Å². The highest BCUT2D eigenvalue weighted by Gasteiger charge is 2.30. The Kier molecular flexibility index (Phi) is 7.28. The summed E-state index contributed by atoms with van der Waals surface area (Å²) in [6.07, 6.45) is 0.907. The number of anilines is 1. The summed E-state index contributed by atoms with van der Waals surface area (Å²) in [5.74, 6) is 1.93. The molecule has 4 rings (SSSR count). The van der Waals surface area contributed by atoms with Crippen LogP contribution in [-0.2, 0) is 9.84 Å². The van der Waals surface area contributed by atoms with Gasteiger partial charge >= 0.3 is 0 Å². The molecule has 0 bridgehead atoms. The van der Waals surface area contributed by atoms with E-state index in [1.165, 1.54) is 12.1 Å². The molecule has 0 unspecified atom stereocenters. The zero-order valence-corrected chi connectivity index (χ0v) is 20.4. The first kappa shape index (κ1) is 23.9. The maximum atomic E-state index is 13.6. The van der Waals surface area contributed by atoms with E-state index < -0.39 is 9.84 Å². The molecule has 1 aliphatic heterocycles. The van der Waals surface area contributed by atoms with Gasteiger partial charge < -0.3 is 28.8 Å². The number of hydrogen-bond acceptors (Lipinski definition) is 9. The number of ether oxygens (including phenoxy) is 3. The van der Waals surface area contributed by atoms with Crippen LogP contribution >= 0.6 is 0 Å². The fourth-order valence-corrected chi connectivity index (χ4v) is 4.63. The van der Waals surface area contributed by atoms with Crippen LogP contribution in [0.4, 0.5) is 5.88 Å². The zero-order valence-electron chi connectivity index (χ0n) is 19.5. The van der Waals surface area contributed by atoms with Gasteiger partial charge in [-0.2, -0.15) is 4.98 Å². The molecule has 0 aliphatic carbocycles. The van der Waals surface area contributed by atoms with E-state index in [4.69, 9.17) is 18.6 Å². The summed E-state index contributed by atoms with van der Waals surface area (Å²) in [4.78, 5) is 6.42. The van der Waals surface area contributed by atoms with Crippen LogP contribution in [0.3, 0.4) is 0 Å². The van der Waals surface area contributed by atoms with Crippen molar-refractivity contribution in [1.82, 2.24) is 9.88 Å². The summed E-state index contributed by atoms with van der Waals surface area (Å²) < 4.78 is 49.7. The molecule has 0 radical (unpaired) electrons. The second-order valence-corrected chi connectivity index (χ2v) is 9.93. The van der Waals surface area contributed by atoms with E-state index in [0.717, 1.165) is 12.2 Å². The standard InChI is InChI=1S/C24H29N3O6S/c1-4-13-30-18-7-5-17(6-8-18)22-26-24(23(33-22)25-11-12-27(2)3)34(28,29)19-9-10-20-21(16-19)32-15-14-31-20/h5-10,16,25H,4,11-15H2,1-3H3. The second kappa shape index (κ2) is 10.4. The Morgan fingerprint density at radius 2 is 1.79 bits per heavy atom. The lowest BCUT2D eigenvalue weighted by Gasteiger charge is -2.18. The SMILES string of the molecule is CCCOc1ccc(-c2nc(S(=O)(=O)c3ccc4c(c3)OCCO4)c(NCCN(C)C)o2)cc1. The van der Waals surface area contributed by atoms with Crippen molar-refractivity contribution in [3.05, 3.63) is 42.5 Å². The third-order valence-corrected chi connectivity index (χ3v) is 6.75. The van der Waals surface area contributed by atoms with Crippen molar-refractivity contribution in [2.24, 2.45) is 0 Å². The minimum absolute atomic E-state index is 0.0515. The van der Waals surface area contributed by atoms with Crippen LogP contribution in [0.2, 0.25) is 0 Å². The van der Waals surface area contributed by atoms with E-state index in [2.05, 4.69) is 10.3 Å². The zero-order chi connectivity index (χ0) is 24.1. The van der Waals surface area contributed by atoms with Crippen LogP contribution in [0.1, 0.15) is 13.3 Å². The van der Waals surface area contributed by atoms with Crippen molar-refractivity contribution in [3.8, 4) is 28.7 Å². The maximum Gasteiger partial charge on any atom is 0.233 e. The third-order valence-electron chi connectivity index (χ3n) is 5.09. The van der Waals surface area contributed by atoms with Crippen LogP contribution in [0, 0.1) is 0 Å². The Morgan fingerprint density at radius 3 is 2.50 bits per heavy atom. The summed E-state index contributed by atoms with van der Waals surface area (Å²) in [5, 5.41) is 2.90. The molecule has 1 aromatic heterocycles. The molecule has 0 atom stereocenters. The lowest BCUT2D eigenvalue weighted by Crippen LogP contribution is -2.21. The van der Waals surface area contributed by atoms with Gasteiger partial charge in [0.2, 0.25) is 26.6 Å². The first-order valence-electron chi connectivity index (χ1n) is 11.2. The second-order valence-electron chi connectivity index (χ2n) is 8.07. The molecule has 1 aliphatic rings. The molecule has 3 aromatic rings. The van der Waals surface area contributed by atoms with E-state index in [1.54, 1.807) is 18.2 Å². The minimum atomic E-state index is -4.00. The van der Waals surface area contributed by atoms with E-state index in [0.29, 0.717) is 50.0 Å². The van der Waals surface area contributed by atoms with Crippen molar-refractivity contribution >= 4 is 15.7 Å². The molecule has 0 amide bonds. The Bertz CT molecular complexity index is 1220. The van der Waals surface area contributed by atoms with Crippen LogP contribution in [0.15, 0.2) is 56.8 Å². The van der Waals surface area contributed by atoms with Crippen LogP contribution in [-0.4, -0.2) is 65.3 Å². The number of aromatic nitrogens is 1. The average molecular weight is 488 g/mol. The fourth-order valence-electron chi connectivity index (χ4n) is 3.33. The Balaban J connectivity index is 1.69. The summed E-state index contributed by atoms with van der Waals surface area (Å²) in [6.45, 7) is 4.61. The molecule has 10 heteroatoms. The van der Waals surface area contributed by atoms with Crippen molar-refractivity contribution in [2.45, 2.75) is 23.3 Å². The van der Waals surface area contributed by atoms with Crippen LogP contribution < -0.4 is 19.5 Å². The normalized spacial score (nSPS) is 13.2. The highest BCUT2D eigenvalue weighted by Crippen LogP contribution is 2.37. The lowest BCUT2D eigenvalue weighted by molar-refractivity contribution is 0.171. The molecule has 1 N–H and O–H groups in total. The molecule has 0 saturated carbocycles. The molecular weight excluding hydrogens is 458 g/mol. The van der Waals surface area contributed by atoms with Crippen molar-refractivity contribution in [2.75, 3.05) is 52.3 Å². The quantitative estimate of drug-likeness (QED) is 0.458. The fraction of sp³-hybridized carbons (Fsp3) is 0.375. The monoisotopic (exact) mass is 487 g/mol. The van der Waals surface area contributed by atoms with Gasteiger partial charge in [0.05, 0.1) is 11.5 Å². The highest BCUT2D eigenvalue weighted by molar-refractivity contribution is 7.91. The summed E-state index contributed by atoms with van der Waals surface area (Å²) in [6, 6.07) is 11.7. The molecule has 0 saturated heterocycles. The smallest absolute Gasteiger partial charge is 0.233 e. The van der Waals surface area contributed by atoms with Crippen LogP contribution in [0.25, 0.3) is 11.5 Å². The third kappa shape index (κ3) is 5.28. The predicted octanol–water partition coefficient (Wildman–Crippen LogP) is 3.71. The summed E-state index contributed by atoms with van der Waals surface area (Å²) in [7, 11) is -0.136. The predicted molar refractivity (Wildman–Crippen MR) is 128 cm³/mol. The molecule has 2 aromatic carbocycles. The first-order valence-corrected chi connectivity index (χ1v) is 12.6. The van der Waals surface area contributed by atoms with Gasteiger partial charge in [-0.1, -0.05) is 6.92 Å². The average Bonchev–Trinajstić information content (AvgIpc) is 3.27. The van der Waals surface area contributed by atoms with Gasteiger partial charge in [0.1, 0.15) is 19.0 Å². The van der Waals surface area contributed by atoms with Gasteiger partial charge in [-0.15, -0.1) is 0 Å². The molecule has 0 spiro atoms. The molecule has 182 valence electrons. The number of likely N-dealkylation sites (N-methyl/N-ethyl adjacent to an activating group) is 1. The molecule has 34 heavy (non-hydrogen) atoms. The topological polar surface area (TPSA) is 103 Å². The van der Waals surface area contributed by atoms with Gasteiger partial charge in [-0.3, -0.25) is 0 Å². The van der Waals surface area contributed by atoms with Gasteiger partial charge in [-0.25, -0.2) is 8.42 Å². The number of fused-ring (bicyclic) bond motifs is 1. The summed E-state index contributed by atoms with van der Waals surface area (Å²) >= 11 is 0. The number of nitrogens with zero attached hydrogens (tertiary/aromatic N) is 2. The van der Waals surface area contributed by atoms with E-state index in [1.807, 2.05) is 38.1 Å². The number of rotatable bonds is 10. The molecular formula is C24H29N3O6S. The number of benzene rings is 2. The lowest BCUT2D eigenvalue weighted by atomic mass is 10.2. The summed E-state index contributed by atoms with van der Waals surface area (Å²) in [5.41, 5.74) is 0.642. The van der Waals surface area contributed by atoms with Crippen molar-refractivity contribution < 1.29 is 27.0 Å². The Hall–Kier alpha value is -3.24. The van der Waals surface area contributed by atoms with Gasteiger partial charge in [-0.05, 0) is 56.9 Å². The van der Waals surface area contributed by atoms with E-state index >= 15 is 0 Å². The number of oxazole rings is 1.